The van der Waals surface area contributed by atoms with Crippen LogP contribution >= 0.6 is 11.8 Å². The third kappa shape index (κ3) is 4.20. The molecule has 9 heteroatoms. The van der Waals surface area contributed by atoms with E-state index in [9.17, 15) is 0 Å². The van der Waals surface area contributed by atoms with E-state index >= 15 is 0 Å². The van der Waals surface area contributed by atoms with Crippen LogP contribution in [0, 0.1) is 13.8 Å². The Morgan fingerprint density at radius 1 is 1.07 bits per heavy atom. The summed E-state index contributed by atoms with van der Waals surface area (Å²) in [6.45, 7) is 4.15. The molecule has 0 aliphatic rings. The Morgan fingerprint density at radius 3 is 2.60 bits per heavy atom. The van der Waals surface area contributed by atoms with Gasteiger partial charge in [-0.15, -0.1) is 10.2 Å². The highest BCUT2D eigenvalue weighted by molar-refractivity contribution is 7.98. The number of hydrogen-bond acceptors (Lipinski definition) is 8. The fourth-order valence-electron chi connectivity index (χ4n) is 2.81. The number of nitrogens with one attached hydrogen (secondary N) is 2. The first-order valence-corrected chi connectivity index (χ1v) is 10.5. The van der Waals surface area contributed by atoms with Gasteiger partial charge in [-0.25, -0.2) is 9.97 Å². The van der Waals surface area contributed by atoms with Gasteiger partial charge >= 0.3 is 0 Å². The Kier molecular flexibility index (Phi) is 5.53. The molecule has 4 N–H and O–H groups in total. The predicted octanol–water partition coefficient (Wildman–Crippen LogP) is 4.72. The van der Waals surface area contributed by atoms with Crippen molar-refractivity contribution in [2.45, 2.75) is 19.0 Å². The summed E-state index contributed by atoms with van der Waals surface area (Å²) in [5, 5.41) is 12.3. The summed E-state index contributed by atoms with van der Waals surface area (Å²) < 4.78 is 5.79. The Labute approximate surface area is 178 Å². The van der Waals surface area contributed by atoms with E-state index < -0.39 is 0 Å². The van der Waals surface area contributed by atoms with Crippen molar-refractivity contribution in [2.75, 3.05) is 17.3 Å². The molecule has 0 amide bonds. The molecule has 0 bridgehead atoms. The molecule has 0 aliphatic carbocycles. The van der Waals surface area contributed by atoms with E-state index in [1.165, 1.54) is 22.9 Å². The molecule has 0 unspecified atom stereocenters. The van der Waals surface area contributed by atoms with Crippen LogP contribution in [0.1, 0.15) is 11.1 Å². The van der Waals surface area contributed by atoms with Gasteiger partial charge in [0.25, 0.3) is 0 Å². The fourth-order valence-corrected chi connectivity index (χ4v) is 3.16. The van der Waals surface area contributed by atoms with E-state index in [-0.39, 0.29) is 0 Å². The minimum Gasteiger partial charge on any atom is -0.452 e. The minimum atomic E-state index is 0.302. The number of nitrogen functional groups attached to an aromatic ring is 1. The first-order chi connectivity index (χ1) is 14.5. The predicted molar refractivity (Wildman–Crippen MR) is 119 cm³/mol. The van der Waals surface area contributed by atoms with Crippen molar-refractivity contribution in [3.63, 3.8) is 0 Å². The normalized spacial score (nSPS) is 10.8. The SMILES string of the molecule is CSc1ncc(Oc2ccc(-c3nnc(Nc4cccc(C)c4C)[nH]3)cc2)c(N)n1. The van der Waals surface area contributed by atoms with Crippen LogP contribution in [0.3, 0.4) is 0 Å². The molecular formula is C21H21N7OS. The largest absolute Gasteiger partial charge is 0.452 e. The van der Waals surface area contributed by atoms with Gasteiger partial charge in [0.05, 0.1) is 6.20 Å². The molecule has 0 atom stereocenters. The van der Waals surface area contributed by atoms with Crippen molar-refractivity contribution in [1.82, 2.24) is 25.1 Å². The van der Waals surface area contributed by atoms with Crippen LogP contribution in [0.4, 0.5) is 17.5 Å². The van der Waals surface area contributed by atoms with E-state index in [2.05, 4.69) is 50.4 Å². The second kappa shape index (κ2) is 8.42. The summed E-state index contributed by atoms with van der Waals surface area (Å²) in [5.74, 6) is 2.58. The number of thioether (sulfide) groups is 1. The van der Waals surface area contributed by atoms with Gasteiger partial charge < -0.3 is 20.8 Å². The van der Waals surface area contributed by atoms with Gasteiger partial charge in [0.15, 0.2) is 22.5 Å². The molecule has 0 spiro atoms. The van der Waals surface area contributed by atoms with E-state index in [0.29, 0.717) is 34.2 Å². The number of H-pyrrole nitrogens is 1. The maximum Gasteiger partial charge on any atom is 0.226 e. The molecule has 4 aromatic rings. The molecule has 4 rings (SSSR count). The minimum absolute atomic E-state index is 0.302. The lowest BCUT2D eigenvalue weighted by Gasteiger charge is -2.09. The van der Waals surface area contributed by atoms with Gasteiger partial charge in [0, 0.05) is 11.3 Å². The lowest BCUT2D eigenvalue weighted by Crippen LogP contribution is -1.98. The van der Waals surface area contributed by atoms with E-state index in [0.717, 1.165) is 11.3 Å². The maximum atomic E-state index is 5.93. The Morgan fingerprint density at radius 2 is 1.87 bits per heavy atom. The first kappa shape index (κ1) is 19.7. The Hall–Kier alpha value is -3.59. The average molecular weight is 420 g/mol. The number of aryl methyl sites for hydroxylation is 1. The highest BCUT2D eigenvalue weighted by atomic mass is 32.2. The van der Waals surface area contributed by atoms with Crippen LogP contribution in [-0.4, -0.2) is 31.4 Å². The molecule has 30 heavy (non-hydrogen) atoms. The van der Waals surface area contributed by atoms with Gasteiger partial charge in [-0.3, -0.25) is 0 Å². The number of hydrogen-bond donors (Lipinski definition) is 3. The van der Waals surface area contributed by atoms with Crippen LogP contribution in [0.25, 0.3) is 11.4 Å². The van der Waals surface area contributed by atoms with Crippen LogP contribution in [-0.2, 0) is 0 Å². The molecule has 8 nitrogen and oxygen atoms in total. The molecule has 0 saturated carbocycles. The molecule has 0 radical (unpaired) electrons. The van der Waals surface area contributed by atoms with Gasteiger partial charge in [0.1, 0.15) is 5.75 Å². The third-order valence-corrected chi connectivity index (χ3v) is 5.21. The summed E-state index contributed by atoms with van der Waals surface area (Å²) in [6.07, 6.45) is 3.46. The second-order valence-electron chi connectivity index (χ2n) is 6.63. The van der Waals surface area contributed by atoms with Gasteiger partial charge in [0.2, 0.25) is 5.95 Å². The highest BCUT2D eigenvalue weighted by Crippen LogP contribution is 2.28. The molecule has 2 aromatic heterocycles. The quantitative estimate of drug-likeness (QED) is 0.304. The smallest absolute Gasteiger partial charge is 0.226 e. The number of rotatable bonds is 6. The molecule has 0 fully saturated rings. The number of ether oxygens (including phenoxy) is 1. The molecule has 0 aliphatic heterocycles. The molecule has 2 aromatic carbocycles. The van der Waals surface area contributed by atoms with Gasteiger partial charge in [-0.2, -0.15) is 0 Å². The average Bonchev–Trinajstić information content (AvgIpc) is 3.22. The van der Waals surface area contributed by atoms with Crippen molar-refractivity contribution in [3.05, 3.63) is 59.8 Å². The van der Waals surface area contributed by atoms with Gasteiger partial charge in [-0.1, -0.05) is 23.9 Å². The second-order valence-corrected chi connectivity index (χ2v) is 7.40. The molecule has 152 valence electrons. The zero-order valence-electron chi connectivity index (χ0n) is 16.8. The van der Waals surface area contributed by atoms with Crippen LogP contribution in [0.15, 0.2) is 53.8 Å². The number of nitrogens with two attached hydrogens (primary N) is 1. The van der Waals surface area contributed by atoms with E-state index in [1.54, 1.807) is 6.20 Å². The zero-order chi connectivity index (χ0) is 21.1. The third-order valence-electron chi connectivity index (χ3n) is 4.64. The maximum absolute atomic E-state index is 5.93. The summed E-state index contributed by atoms with van der Waals surface area (Å²) in [7, 11) is 0. The number of aromatic nitrogens is 5. The molecular weight excluding hydrogens is 398 g/mol. The lowest BCUT2D eigenvalue weighted by molar-refractivity contribution is 0.478. The van der Waals surface area contributed by atoms with Crippen molar-refractivity contribution >= 4 is 29.2 Å². The first-order valence-electron chi connectivity index (χ1n) is 9.24. The zero-order valence-corrected chi connectivity index (χ0v) is 17.6. The Bertz CT molecular complexity index is 1170. The van der Waals surface area contributed by atoms with Crippen LogP contribution < -0.4 is 15.8 Å². The summed E-state index contributed by atoms with van der Waals surface area (Å²) in [5.41, 5.74) is 10.2. The standard InChI is InChI=1S/C21H21N7OS/c1-12-5-4-6-16(13(12)2)24-20-26-19(27-28-20)14-7-9-15(10-8-14)29-17-11-23-21(30-3)25-18(17)22/h4-11H,1-3H3,(H2,22,23,25)(H2,24,26,27,28). The van der Waals surface area contributed by atoms with Crippen molar-refractivity contribution in [3.8, 4) is 22.9 Å². The topological polar surface area (TPSA) is 115 Å². The van der Waals surface area contributed by atoms with Crippen molar-refractivity contribution < 1.29 is 4.74 Å². The number of aromatic amines is 1. The molecule has 2 heterocycles. The van der Waals surface area contributed by atoms with Crippen molar-refractivity contribution in [2.24, 2.45) is 0 Å². The number of benzene rings is 2. The highest BCUT2D eigenvalue weighted by Gasteiger charge is 2.10. The fraction of sp³-hybridized carbons (Fsp3) is 0.143. The Balaban J connectivity index is 1.47. The summed E-state index contributed by atoms with van der Waals surface area (Å²) in [6, 6.07) is 13.5. The summed E-state index contributed by atoms with van der Waals surface area (Å²) >= 11 is 1.42. The van der Waals surface area contributed by atoms with E-state index in [1.807, 2.05) is 42.7 Å². The monoisotopic (exact) mass is 419 g/mol. The van der Waals surface area contributed by atoms with Crippen LogP contribution in [0.5, 0.6) is 11.5 Å². The van der Waals surface area contributed by atoms with Gasteiger partial charge in [-0.05, 0) is 61.6 Å². The van der Waals surface area contributed by atoms with Crippen molar-refractivity contribution in [1.29, 1.82) is 0 Å². The summed E-state index contributed by atoms with van der Waals surface area (Å²) in [4.78, 5) is 11.6. The number of anilines is 3. The van der Waals surface area contributed by atoms with Crippen LogP contribution in [0.2, 0.25) is 0 Å². The number of nitrogens with zero attached hydrogens (tertiary/aromatic N) is 4. The van der Waals surface area contributed by atoms with E-state index in [4.69, 9.17) is 10.5 Å². The lowest BCUT2D eigenvalue weighted by atomic mass is 10.1. The molecule has 0 saturated heterocycles.